The van der Waals surface area contributed by atoms with E-state index in [1.54, 1.807) is 0 Å². The second-order valence-electron chi connectivity index (χ2n) is 3.38. The van der Waals surface area contributed by atoms with Crippen LogP contribution in [0.5, 0.6) is 0 Å². The van der Waals surface area contributed by atoms with Crippen molar-refractivity contribution in [3.05, 3.63) is 45.2 Å². The molecular weight excluding hydrogens is 301 g/mol. The molecule has 4 nitrogen and oxygen atoms in total. The summed E-state index contributed by atoms with van der Waals surface area (Å²) in [6.45, 7) is 0. The van der Waals surface area contributed by atoms with E-state index in [-0.39, 0.29) is 15.4 Å². The molecule has 0 spiro atoms. The number of hydrogen-bond acceptors (Lipinski definition) is 3. The van der Waals surface area contributed by atoms with Crippen LogP contribution >= 0.6 is 23.8 Å². The highest BCUT2D eigenvalue weighted by molar-refractivity contribution is 7.71. The molecule has 1 heterocycles. The molecule has 0 atom stereocenters. The topological polar surface area (TPSA) is 46.0 Å². The van der Waals surface area contributed by atoms with E-state index in [0.29, 0.717) is 4.68 Å². The molecule has 0 aliphatic heterocycles. The van der Waals surface area contributed by atoms with Crippen LogP contribution in [0.1, 0.15) is 17.8 Å². The molecule has 0 bridgehead atoms. The van der Waals surface area contributed by atoms with Crippen LogP contribution in [0.3, 0.4) is 0 Å². The zero-order valence-corrected chi connectivity index (χ0v) is 10.7. The van der Waals surface area contributed by atoms with E-state index in [2.05, 4.69) is 15.3 Å². The fourth-order valence-corrected chi connectivity index (χ4v) is 1.70. The van der Waals surface area contributed by atoms with Crippen LogP contribution in [-0.4, -0.2) is 21.1 Å². The Kier molecular flexibility index (Phi) is 4.01. The van der Waals surface area contributed by atoms with Gasteiger partial charge in [0.25, 0.3) is 6.43 Å². The lowest BCUT2D eigenvalue weighted by Gasteiger charge is -2.01. The Morgan fingerprint density at radius 2 is 2.21 bits per heavy atom. The minimum absolute atomic E-state index is 0.0208. The van der Waals surface area contributed by atoms with Crippen LogP contribution in [0.4, 0.5) is 13.2 Å². The summed E-state index contributed by atoms with van der Waals surface area (Å²) in [6, 6.07) is 4.05. The van der Waals surface area contributed by atoms with Crippen LogP contribution < -0.4 is 0 Å². The van der Waals surface area contributed by atoms with E-state index in [0.717, 1.165) is 6.21 Å². The third kappa shape index (κ3) is 2.85. The molecule has 2 aromatic rings. The van der Waals surface area contributed by atoms with Gasteiger partial charge in [0, 0.05) is 5.56 Å². The molecule has 19 heavy (non-hydrogen) atoms. The summed E-state index contributed by atoms with van der Waals surface area (Å²) < 4.78 is 39.2. The number of aromatic nitrogens is 3. The first kappa shape index (κ1) is 13.8. The van der Waals surface area contributed by atoms with Gasteiger partial charge in [-0.15, -0.1) is 0 Å². The highest BCUT2D eigenvalue weighted by Crippen LogP contribution is 2.18. The smallest absolute Gasteiger partial charge is 0.250 e. The lowest BCUT2D eigenvalue weighted by molar-refractivity contribution is 0.136. The Bertz CT molecular complexity index is 659. The largest absolute Gasteiger partial charge is 0.299 e. The Morgan fingerprint density at radius 3 is 2.84 bits per heavy atom. The monoisotopic (exact) mass is 306 g/mol. The van der Waals surface area contributed by atoms with E-state index >= 15 is 0 Å². The van der Waals surface area contributed by atoms with Gasteiger partial charge in [0.2, 0.25) is 10.6 Å². The first-order valence-corrected chi connectivity index (χ1v) is 5.73. The van der Waals surface area contributed by atoms with Gasteiger partial charge < -0.3 is 0 Å². The van der Waals surface area contributed by atoms with Gasteiger partial charge >= 0.3 is 0 Å². The zero-order chi connectivity index (χ0) is 14.0. The maximum atomic E-state index is 13.5. The van der Waals surface area contributed by atoms with Gasteiger partial charge in [-0.05, 0) is 24.4 Å². The van der Waals surface area contributed by atoms with Crippen LogP contribution in [0, 0.1) is 10.6 Å². The molecule has 0 fully saturated rings. The summed E-state index contributed by atoms with van der Waals surface area (Å²) in [5, 5.41) is 9.28. The van der Waals surface area contributed by atoms with Crippen LogP contribution in [0.2, 0.25) is 5.02 Å². The molecule has 0 saturated heterocycles. The quantitative estimate of drug-likeness (QED) is 0.696. The van der Waals surface area contributed by atoms with Gasteiger partial charge in [-0.25, -0.2) is 18.3 Å². The molecule has 2 rings (SSSR count). The molecule has 0 aliphatic rings. The molecule has 0 amide bonds. The molecule has 0 saturated carbocycles. The molecule has 1 aromatic heterocycles. The SMILES string of the molecule is Fc1cccc(Cl)c1/C=N/n1c(C(F)F)n[nH]c1=S. The maximum absolute atomic E-state index is 13.5. The van der Waals surface area contributed by atoms with Crippen molar-refractivity contribution in [2.24, 2.45) is 5.10 Å². The third-order valence-corrected chi connectivity index (χ3v) is 2.77. The lowest BCUT2D eigenvalue weighted by atomic mass is 10.2. The maximum Gasteiger partial charge on any atom is 0.299 e. The summed E-state index contributed by atoms with van der Waals surface area (Å²) in [6.07, 6.45) is -1.85. The second-order valence-corrected chi connectivity index (χ2v) is 4.17. The number of nitrogens with one attached hydrogen (secondary N) is 1. The van der Waals surface area contributed by atoms with Crippen molar-refractivity contribution in [2.45, 2.75) is 6.43 Å². The Hall–Kier alpha value is -1.67. The van der Waals surface area contributed by atoms with Gasteiger partial charge in [-0.2, -0.15) is 14.9 Å². The predicted molar refractivity (Wildman–Crippen MR) is 66.8 cm³/mol. The first-order chi connectivity index (χ1) is 9.00. The van der Waals surface area contributed by atoms with E-state index in [4.69, 9.17) is 23.8 Å². The van der Waals surface area contributed by atoms with E-state index < -0.39 is 18.1 Å². The summed E-state index contributed by atoms with van der Waals surface area (Å²) in [4.78, 5) is 0. The number of alkyl halides is 2. The number of rotatable bonds is 3. The van der Waals surface area contributed by atoms with Crippen molar-refractivity contribution in [2.75, 3.05) is 0 Å². The number of nitrogens with zero attached hydrogens (tertiary/aromatic N) is 3. The molecule has 9 heteroatoms. The minimum Gasteiger partial charge on any atom is -0.250 e. The molecule has 0 radical (unpaired) electrons. The normalized spacial score (nSPS) is 11.6. The molecule has 100 valence electrons. The zero-order valence-electron chi connectivity index (χ0n) is 9.15. The molecule has 1 N–H and O–H groups in total. The molecular formula is C10H6ClF3N4S. The van der Waals surface area contributed by atoms with Gasteiger partial charge in [0.15, 0.2) is 0 Å². The number of halogens is 4. The van der Waals surface area contributed by atoms with Gasteiger partial charge in [0.05, 0.1) is 11.2 Å². The second kappa shape index (κ2) is 5.54. The highest BCUT2D eigenvalue weighted by atomic mass is 35.5. The van der Waals surface area contributed by atoms with E-state index in [1.807, 2.05) is 0 Å². The van der Waals surface area contributed by atoms with Gasteiger partial charge in [0.1, 0.15) is 5.82 Å². The molecule has 0 aliphatic carbocycles. The number of benzene rings is 1. The highest BCUT2D eigenvalue weighted by Gasteiger charge is 2.16. The third-order valence-electron chi connectivity index (χ3n) is 2.17. The predicted octanol–water partition coefficient (Wildman–Crippen LogP) is 3.55. The first-order valence-electron chi connectivity index (χ1n) is 4.94. The standard InChI is InChI=1S/C10H6ClF3N4S/c11-6-2-1-3-7(12)5(6)4-15-18-9(8(13)14)16-17-10(18)19/h1-4,8H,(H,17,19)/b15-4+. The van der Waals surface area contributed by atoms with Crippen LogP contribution in [-0.2, 0) is 0 Å². The van der Waals surface area contributed by atoms with Crippen molar-refractivity contribution >= 4 is 30.0 Å². The summed E-state index contributed by atoms with van der Waals surface area (Å²) >= 11 is 10.5. The van der Waals surface area contributed by atoms with Gasteiger partial charge in [-0.1, -0.05) is 17.7 Å². The van der Waals surface area contributed by atoms with Crippen molar-refractivity contribution in [1.29, 1.82) is 0 Å². The number of H-pyrrole nitrogens is 1. The van der Waals surface area contributed by atoms with Crippen LogP contribution in [0.15, 0.2) is 23.3 Å². The fourth-order valence-electron chi connectivity index (χ4n) is 1.31. The van der Waals surface area contributed by atoms with Crippen molar-refractivity contribution in [3.8, 4) is 0 Å². The Labute approximate surface area is 115 Å². The van der Waals surface area contributed by atoms with Crippen molar-refractivity contribution in [3.63, 3.8) is 0 Å². The average Bonchev–Trinajstić information content (AvgIpc) is 2.70. The van der Waals surface area contributed by atoms with E-state index in [1.165, 1.54) is 18.2 Å². The number of hydrogen-bond donors (Lipinski definition) is 1. The van der Waals surface area contributed by atoms with Crippen LogP contribution in [0.25, 0.3) is 0 Å². The average molecular weight is 307 g/mol. The van der Waals surface area contributed by atoms with E-state index in [9.17, 15) is 13.2 Å². The summed E-state index contributed by atoms with van der Waals surface area (Å²) in [5.74, 6) is -1.28. The molecule has 1 aromatic carbocycles. The van der Waals surface area contributed by atoms with Gasteiger partial charge in [-0.3, -0.25) is 0 Å². The van der Waals surface area contributed by atoms with Crippen molar-refractivity contribution in [1.82, 2.24) is 14.9 Å². The lowest BCUT2D eigenvalue weighted by Crippen LogP contribution is -2.00. The Balaban J connectivity index is 2.44. The minimum atomic E-state index is -2.86. The number of aromatic amines is 1. The molecule has 0 unspecified atom stereocenters. The fraction of sp³-hybridized carbons (Fsp3) is 0.100. The summed E-state index contributed by atoms with van der Waals surface area (Å²) in [5.41, 5.74) is -0.0208. The summed E-state index contributed by atoms with van der Waals surface area (Å²) in [7, 11) is 0. The Morgan fingerprint density at radius 1 is 1.47 bits per heavy atom. The van der Waals surface area contributed by atoms with Crippen molar-refractivity contribution < 1.29 is 13.2 Å².